The molecule has 0 radical (unpaired) electrons. The van der Waals surface area contributed by atoms with Gasteiger partial charge in [0.15, 0.2) is 0 Å². The predicted octanol–water partition coefficient (Wildman–Crippen LogP) is 1.62. The molecule has 0 bridgehead atoms. The maximum atomic E-state index is 13.3. The van der Waals surface area contributed by atoms with Crippen molar-refractivity contribution in [1.29, 1.82) is 0 Å². The fourth-order valence-electron chi connectivity index (χ4n) is 4.30. The molecule has 2 aromatic carbocycles. The number of carboxylic acids is 1. The highest BCUT2D eigenvalue weighted by Crippen LogP contribution is 2.20. The van der Waals surface area contributed by atoms with Gasteiger partial charge in [0.25, 0.3) is 0 Å². The first-order valence-electron chi connectivity index (χ1n) is 14.4. The Kier molecular flexibility index (Phi) is 13.8. The molecule has 4 amide bonds. The second-order valence-electron chi connectivity index (χ2n) is 12.1. The van der Waals surface area contributed by atoms with E-state index in [9.17, 15) is 34.2 Å². The highest BCUT2D eigenvalue weighted by molar-refractivity contribution is 7.82. The molecule has 15 heteroatoms. The van der Waals surface area contributed by atoms with Crippen molar-refractivity contribution >= 4 is 66.5 Å². The van der Waals surface area contributed by atoms with E-state index in [1.807, 2.05) is 0 Å². The number of carboxylic acid groups (broad SMARTS) is 1. The van der Waals surface area contributed by atoms with Crippen molar-refractivity contribution in [3.8, 4) is 5.75 Å². The Morgan fingerprint density at radius 3 is 1.72 bits per heavy atom. The minimum atomic E-state index is -1.38. The van der Waals surface area contributed by atoms with Crippen LogP contribution < -0.4 is 27.0 Å². The number of benzene rings is 2. The van der Waals surface area contributed by atoms with E-state index in [0.717, 1.165) is 0 Å². The van der Waals surface area contributed by atoms with Crippen LogP contribution in [0.5, 0.6) is 5.75 Å². The van der Waals surface area contributed by atoms with E-state index >= 15 is 0 Å². The number of amides is 4. The van der Waals surface area contributed by atoms with Crippen LogP contribution in [-0.2, 0) is 36.8 Å². The van der Waals surface area contributed by atoms with Crippen LogP contribution in [0.2, 0.25) is 5.02 Å². The number of carbonyl (C=O) groups is 5. The van der Waals surface area contributed by atoms with Crippen molar-refractivity contribution < 1.29 is 34.2 Å². The summed E-state index contributed by atoms with van der Waals surface area (Å²) < 4.78 is -2.22. The van der Waals surface area contributed by atoms with E-state index in [2.05, 4.69) is 46.5 Å². The number of halogens is 1. The number of hydrogen-bond donors (Lipinski definition) is 9. The fraction of sp³-hybridized carbons (Fsp3) is 0.452. The Morgan fingerprint density at radius 1 is 0.739 bits per heavy atom. The van der Waals surface area contributed by atoms with Crippen LogP contribution in [0, 0.1) is 0 Å². The molecular formula is C31H42ClN5O7S2. The molecule has 0 heterocycles. The van der Waals surface area contributed by atoms with E-state index in [1.54, 1.807) is 50.2 Å². The summed E-state index contributed by atoms with van der Waals surface area (Å²) in [6.45, 7) is 7.65. The molecule has 2 aromatic rings. The summed E-state index contributed by atoms with van der Waals surface area (Å²) in [7, 11) is 0. The average Bonchev–Trinajstić information content (AvgIpc) is 2.94. The number of thiol groups is 2. The van der Waals surface area contributed by atoms with Gasteiger partial charge in [-0.25, -0.2) is 4.79 Å². The fourth-order valence-corrected chi connectivity index (χ4v) is 4.78. The van der Waals surface area contributed by atoms with Gasteiger partial charge in [0.2, 0.25) is 23.6 Å². The van der Waals surface area contributed by atoms with Crippen LogP contribution in [0.25, 0.3) is 0 Å². The van der Waals surface area contributed by atoms with Crippen molar-refractivity contribution in [2.24, 2.45) is 5.73 Å². The van der Waals surface area contributed by atoms with Gasteiger partial charge in [-0.1, -0.05) is 35.9 Å². The zero-order chi connectivity index (χ0) is 35.0. The Hall–Kier alpha value is -3.46. The van der Waals surface area contributed by atoms with Gasteiger partial charge in [0.1, 0.15) is 29.9 Å². The van der Waals surface area contributed by atoms with Crippen LogP contribution >= 0.6 is 36.9 Å². The number of hydrogen-bond acceptors (Lipinski definition) is 9. The molecule has 0 saturated carbocycles. The molecule has 0 aliphatic rings. The van der Waals surface area contributed by atoms with Crippen LogP contribution in [0.3, 0.4) is 0 Å². The van der Waals surface area contributed by atoms with Gasteiger partial charge in [0, 0.05) is 20.9 Å². The summed E-state index contributed by atoms with van der Waals surface area (Å²) in [6, 6.07) is 6.66. The van der Waals surface area contributed by atoms with E-state index in [0.29, 0.717) is 16.1 Å². The molecule has 2 rings (SSSR count). The summed E-state index contributed by atoms with van der Waals surface area (Å²) in [5.41, 5.74) is 7.40. The summed E-state index contributed by atoms with van der Waals surface area (Å²) in [5.74, 6) is -4.13. The van der Waals surface area contributed by atoms with Crippen LogP contribution in [-0.4, -0.2) is 79.5 Å². The minimum Gasteiger partial charge on any atom is -0.508 e. The van der Waals surface area contributed by atoms with Gasteiger partial charge in [-0.15, -0.1) is 0 Å². The third-order valence-electron chi connectivity index (χ3n) is 6.96. The Bertz CT molecular complexity index is 1400. The molecule has 0 unspecified atom stereocenters. The SMILES string of the molecule is C[C@H](NC(=O)[C@H](NC(=O)[C@@H](N)Cc1ccc(O)cc1)C(C)(C)S)C(=O)N[C@@H](Cc1ccc(Cl)cc1)C(=O)N[C@@H](C(=O)O)C(C)(C)S. The number of aliphatic carboxylic acids is 1. The highest BCUT2D eigenvalue weighted by atomic mass is 35.5. The van der Waals surface area contributed by atoms with E-state index in [4.69, 9.17) is 17.3 Å². The van der Waals surface area contributed by atoms with Gasteiger partial charge >= 0.3 is 5.97 Å². The molecule has 252 valence electrons. The zero-order valence-corrected chi connectivity index (χ0v) is 28.7. The second-order valence-corrected chi connectivity index (χ2v) is 14.9. The maximum absolute atomic E-state index is 13.3. The second kappa shape index (κ2) is 16.4. The summed E-state index contributed by atoms with van der Waals surface area (Å²) in [5, 5.41) is 29.8. The normalized spacial score (nSPS) is 15.0. The lowest BCUT2D eigenvalue weighted by atomic mass is 9.99. The first-order valence-corrected chi connectivity index (χ1v) is 15.6. The summed E-state index contributed by atoms with van der Waals surface area (Å²) >= 11 is 14.7. The number of carbonyl (C=O) groups excluding carboxylic acids is 4. The highest BCUT2D eigenvalue weighted by Gasteiger charge is 2.38. The first kappa shape index (κ1) is 38.7. The van der Waals surface area contributed by atoms with Gasteiger partial charge < -0.3 is 37.2 Å². The van der Waals surface area contributed by atoms with Gasteiger partial charge in [0.05, 0.1) is 6.04 Å². The largest absolute Gasteiger partial charge is 0.508 e. The molecule has 0 fully saturated rings. The van der Waals surface area contributed by atoms with Crippen molar-refractivity contribution in [3.05, 3.63) is 64.7 Å². The van der Waals surface area contributed by atoms with Crippen molar-refractivity contribution in [1.82, 2.24) is 21.3 Å². The molecule has 0 aromatic heterocycles. The number of phenolic OH excluding ortho intramolecular Hbond substituents is 1. The number of nitrogens with two attached hydrogens (primary N) is 1. The smallest absolute Gasteiger partial charge is 0.327 e. The minimum absolute atomic E-state index is 0.0178. The van der Waals surface area contributed by atoms with E-state index < -0.39 is 69.3 Å². The van der Waals surface area contributed by atoms with Crippen molar-refractivity contribution in [2.45, 2.75) is 87.2 Å². The first-order chi connectivity index (χ1) is 21.2. The lowest BCUT2D eigenvalue weighted by molar-refractivity contribution is -0.143. The predicted molar refractivity (Wildman–Crippen MR) is 182 cm³/mol. The zero-order valence-electron chi connectivity index (χ0n) is 26.2. The van der Waals surface area contributed by atoms with Crippen LogP contribution in [0.1, 0.15) is 45.7 Å². The molecule has 0 saturated heterocycles. The van der Waals surface area contributed by atoms with Crippen molar-refractivity contribution in [2.75, 3.05) is 0 Å². The number of aromatic hydroxyl groups is 1. The Balaban J connectivity index is 2.18. The summed E-state index contributed by atoms with van der Waals surface area (Å²) in [4.78, 5) is 64.7. The molecule has 8 N–H and O–H groups in total. The number of rotatable bonds is 15. The molecular weight excluding hydrogens is 654 g/mol. The number of phenols is 1. The van der Waals surface area contributed by atoms with Crippen LogP contribution in [0.4, 0.5) is 0 Å². The molecule has 12 nitrogen and oxygen atoms in total. The monoisotopic (exact) mass is 695 g/mol. The van der Waals surface area contributed by atoms with Crippen molar-refractivity contribution in [3.63, 3.8) is 0 Å². The topological polar surface area (TPSA) is 200 Å². The van der Waals surface area contributed by atoms with Gasteiger partial charge in [-0.2, -0.15) is 25.3 Å². The third kappa shape index (κ3) is 12.0. The van der Waals surface area contributed by atoms with Gasteiger partial charge in [-0.3, -0.25) is 19.2 Å². The van der Waals surface area contributed by atoms with Crippen LogP contribution in [0.15, 0.2) is 48.5 Å². The lowest BCUT2D eigenvalue weighted by Crippen LogP contribution is -2.62. The maximum Gasteiger partial charge on any atom is 0.327 e. The lowest BCUT2D eigenvalue weighted by Gasteiger charge is -2.32. The van der Waals surface area contributed by atoms with E-state index in [-0.39, 0.29) is 18.6 Å². The Morgan fingerprint density at radius 2 is 1.22 bits per heavy atom. The Labute approximate surface area is 284 Å². The third-order valence-corrected chi connectivity index (χ3v) is 7.73. The number of nitrogens with one attached hydrogen (secondary N) is 4. The molecule has 0 aliphatic carbocycles. The molecule has 0 aliphatic heterocycles. The van der Waals surface area contributed by atoms with Gasteiger partial charge in [-0.05, 0) is 76.4 Å². The molecule has 5 atom stereocenters. The standard InChI is InChI=1S/C31H42ClN5O7S2/c1-16(34-28(42)23(30(2,3)45)36-26(40)21(33)14-17-8-12-20(38)13-9-17)25(39)35-22(15-18-6-10-19(32)11-7-18)27(41)37-24(29(43)44)31(4,5)46/h6-13,16,21-24,38,45-46H,14-15,33H2,1-5H3,(H,34,42)(H,35,39)(H,36,40)(H,37,41)(H,43,44)/t16-,21-,22-,23-,24-/m0/s1. The average molecular weight is 696 g/mol. The quantitative estimate of drug-likeness (QED) is 0.125. The molecule has 0 spiro atoms. The van der Waals surface area contributed by atoms with E-state index in [1.165, 1.54) is 32.9 Å². The summed E-state index contributed by atoms with van der Waals surface area (Å²) in [6.07, 6.45) is 0.118. The molecule has 46 heavy (non-hydrogen) atoms.